The Labute approximate surface area is 108 Å². The van der Waals surface area contributed by atoms with Crippen molar-refractivity contribution < 1.29 is 4.79 Å². The van der Waals surface area contributed by atoms with E-state index >= 15 is 0 Å². The molecule has 0 heterocycles. The van der Waals surface area contributed by atoms with Gasteiger partial charge in [-0.05, 0) is 19.4 Å². The Kier molecular flexibility index (Phi) is 4.87. The van der Waals surface area contributed by atoms with Gasteiger partial charge in [-0.15, -0.1) is 0 Å². The normalized spacial score (nSPS) is 12.7. The van der Waals surface area contributed by atoms with Gasteiger partial charge in [-0.2, -0.15) is 5.26 Å². The quantitative estimate of drug-likeness (QED) is 0.803. The second-order valence-corrected chi connectivity index (χ2v) is 5.00. The second kappa shape index (κ2) is 6.18. The van der Waals surface area contributed by atoms with E-state index in [1.165, 1.54) is 0 Å². The van der Waals surface area contributed by atoms with Crippen LogP contribution in [-0.4, -0.2) is 11.4 Å². The molecule has 0 saturated carbocycles. The van der Waals surface area contributed by atoms with Gasteiger partial charge in [0.15, 0.2) is 0 Å². The van der Waals surface area contributed by atoms with Crippen molar-refractivity contribution in [2.75, 3.05) is 0 Å². The molecule has 0 spiro atoms. The Morgan fingerprint density at radius 2 is 2.06 bits per heavy atom. The standard InChI is InChI=1S/C14H19N3O/c1-14(2,10-13(16)18)17-12(8-9-15)11-6-4-3-5-7-11/h3-7,12,17H,8,10H2,1-2H3,(H2,16,18). The Morgan fingerprint density at radius 1 is 1.44 bits per heavy atom. The molecule has 1 aromatic rings. The number of nitrogens with zero attached hydrogens (tertiary/aromatic N) is 1. The Balaban J connectivity index is 2.82. The molecule has 0 aliphatic carbocycles. The van der Waals surface area contributed by atoms with Crippen LogP contribution in [0.2, 0.25) is 0 Å². The van der Waals surface area contributed by atoms with Crippen LogP contribution in [0.4, 0.5) is 0 Å². The molecule has 0 saturated heterocycles. The lowest BCUT2D eigenvalue weighted by Gasteiger charge is -2.30. The second-order valence-electron chi connectivity index (χ2n) is 5.00. The average molecular weight is 245 g/mol. The van der Waals surface area contributed by atoms with Gasteiger partial charge in [-0.3, -0.25) is 4.79 Å². The highest BCUT2D eigenvalue weighted by molar-refractivity contribution is 5.75. The molecule has 3 N–H and O–H groups in total. The number of hydrogen-bond donors (Lipinski definition) is 2. The van der Waals surface area contributed by atoms with Crippen molar-refractivity contribution in [2.45, 2.75) is 38.3 Å². The largest absolute Gasteiger partial charge is 0.370 e. The van der Waals surface area contributed by atoms with Crippen molar-refractivity contribution in [3.8, 4) is 6.07 Å². The van der Waals surface area contributed by atoms with Crippen LogP contribution in [0.5, 0.6) is 0 Å². The van der Waals surface area contributed by atoms with E-state index in [-0.39, 0.29) is 18.4 Å². The van der Waals surface area contributed by atoms with Crippen LogP contribution in [0, 0.1) is 11.3 Å². The van der Waals surface area contributed by atoms with Gasteiger partial charge in [-0.25, -0.2) is 0 Å². The lowest BCUT2D eigenvalue weighted by Crippen LogP contribution is -2.44. The smallest absolute Gasteiger partial charge is 0.219 e. The van der Waals surface area contributed by atoms with Crippen molar-refractivity contribution in [2.24, 2.45) is 5.73 Å². The first-order valence-corrected chi connectivity index (χ1v) is 5.92. The number of primary amides is 1. The molecule has 4 nitrogen and oxygen atoms in total. The minimum atomic E-state index is -0.427. The maximum absolute atomic E-state index is 11.0. The topological polar surface area (TPSA) is 78.9 Å². The summed E-state index contributed by atoms with van der Waals surface area (Å²) >= 11 is 0. The molecule has 1 rings (SSSR count). The SMILES string of the molecule is CC(C)(CC(N)=O)NC(CC#N)c1ccccc1. The maximum atomic E-state index is 11.0. The summed E-state index contributed by atoms with van der Waals surface area (Å²) in [5, 5.41) is 12.2. The average Bonchev–Trinajstić information content (AvgIpc) is 2.27. The summed E-state index contributed by atoms with van der Waals surface area (Å²) in [7, 11) is 0. The first-order chi connectivity index (χ1) is 8.44. The number of hydrogen-bond acceptors (Lipinski definition) is 3. The highest BCUT2D eigenvalue weighted by Gasteiger charge is 2.24. The van der Waals surface area contributed by atoms with E-state index in [2.05, 4.69) is 11.4 Å². The van der Waals surface area contributed by atoms with E-state index in [9.17, 15) is 4.79 Å². The summed E-state index contributed by atoms with van der Waals surface area (Å²) in [6, 6.07) is 11.8. The highest BCUT2D eigenvalue weighted by atomic mass is 16.1. The van der Waals surface area contributed by atoms with Crippen molar-refractivity contribution >= 4 is 5.91 Å². The predicted molar refractivity (Wildman–Crippen MR) is 70.4 cm³/mol. The van der Waals surface area contributed by atoms with Crippen molar-refractivity contribution in [1.82, 2.24) is 5.32 Å². The summed E-state index contributed by atoms with van der Waals surface area (Å²) in [5.41, 5.74) is 5.83. The Morgan fingerprint density at radius 3 is 2.56 bits per heavy atom. The molecular weight excluding hydrogens is 226 g/mol. The van der Waals surface area contributed by atoms with Gasteiger partial charge < -0.3 is 11.1 Å². The minimum absolute atomic E-state index is 0.0921. The minimum Gasteiger partial charge on any atom is -0.370 e. The number of nitriles is 1. The highest BCUT2D eigenvalue weighted by Crippen LogP contribution is 2.21. The fourth-order valence-corrected chi connectivity index (χ4v) is 1.99. The fourth-order valence-electron chi connectivity index (χ4n) is 1.99. The van der Waals surface area contributed by atoms with E-state index in [1.54, 1.807) is 0 Å². The van der Waals surface area contributed by atoms with Crippen molar-refractivity contribution in [3.63, 3.8) is 0 Å². The molecule has 0 bridgehead atoms. The van der Waals surface area contributed by atoms with Crippen LogP contribution in [0.3, 0.4) is 0 Å². The first-order valence-electron chi connectivity index (χ1n) is 5.92. The van der Waals surface area contributed by atoms with Gasteiger partial charge in [0, 0.05) is 18.0 Å². The van der Waals surface area contributed by atoms with Crippen molar-refractivity contribution in [3.05, 3.63) is 35.9 Å². The summed E-state index contributed by atoms with van der Waals surface area (Å²) in [5.74, 6) is -0.351. The zero-order chi connectivity index (χ0) is 13.6. The Hall–Kier alpha value is -1.86. The van der Waals surface area contributed by atoms with Gasteiger partial charge in [0.1, 0.15) is 0 Å². The molecule has 1 aromatic carbocycles. The summed E-state index contributed by atoms with van der Waals surface area (Å²) in [6.07, 6.45) is 0.591. The first kappa shape index (κ1) is 14.2. The molecule has 0 aliphatic heterocycles. The summed E-state index contributed by atoms with van der Waals surface area (Å²) in [6.45, 7) is 3.82. The number of amides is 1. The number of carbonyl (C=O) groups is 1. The molecule has 0 fully saturated rings. The van der Waals surface area contributed by atoms with E-state index in [1.807, 2.05) is 44.2 Å². The molecule has 0 radical (unpaired) electrons. The molecule has 18 heavy (non-hydrogen) atoms. The molecule has 1 atom stereocenters. The third-order valence-corrected chi connectivity index (χ3v) is 2.68. The maximum Gasteiger partial charge on any atom is 0.219 e. The van der Waals surface area contributed by atoms with Gasteiger partial charge >= 0.3 is 0 Å². The van der Waals surface area contributed by atoms with Gasteiger partial charge in [0.25, 0.3) is 0 Å². The van der Waals surface area contributed by atoms with Crippen molar-refractivity contribution in [1.29, 1.82) is 5.26 Å². The third-order valence-electron chi connectivity index (χ3n) is 2.68. The molecule has 0 aromatic heterocycles. The third kappa shape index (κ3) is 4.56. The predicted octanol–water partition coefficient (Wildman–Crippen LogP) is 1.88. The number of nitrogens with two attached hydrogens (primary N) is 1. The van der Waals surface area contributed by atoms with E-state index in [4.69, 9.17) is 11.0 Å². The number of nitrogens with one attached hydrogen (secondary N) is 1. The number of carbonyl (C=O) groups excluding carboxylic acids is 1. The van der Waals surface area contributed by atoms with Gasteiger partial charge in [0.05, 0.1) is 12.5 Å². The van der Waals surface area contributed by atoms with Gasteiger partial charge in [-0.1, -0.05) is 30.3 Å². The molecule has 96 valence electrons. The lowest BCUT2D eigenvalue weighted by molar-refractivity contribution is -0.119. The van der Waals surface area contributed by atoms with E-state index < -0.39 is 5.54 Å². The summed E-state index contributed by atoms with van der Waals surface area (Å²) in [4.78, 5) is 11.0. The van der Waals surface area contributed by atoms with Gasteiger partial charge in [0.2, 0.25) is 5.91 Å². The molecule has 0 aliphatic rings. The van der Waals surface area contributed by atoms with Crippen LogP contribution in [0.25, 0.3) is 0 Å². The van der Waals surface area contributed by atoms with E-state index in [0.29, 0.717) is 6.42 Å². The van der Waals surface area contributed by atoms with Crippen LogP contribution in [-0.2, 0) is 4.79 Å². The zero-order valence-corrected chi connectivity index (χ0v) is 10.8. The lowest BCUT2D eigenvalue weighted by atomic mass is 9.95. The molecule has 4 heteroatoms. The van der Waals surface area contributed by atoms with E-state index in [0.717, 1.165) is 5.56 Å². The monoisotopic (exact) mass is 245 g/mol. The molecular formula is C14H19N3O. The van der Waals surface area contributed by atoms with Crippen LogP contribution in [0.1, 0.15) is 38.3 Å². The number of rotatable bonds is 6. The Bertz CT molecular complexity index is 434. The number of benzene rings is 1. The fraction of sp³-hybridized carbons (Fsp3) is 0.429. The van der Waals surface area contributed by atoms with Crippen LogP contribution < -0.4 is 11.1 Å². The molecule has 1 amide bonds. The van der Waals surface area contributed by atoms with Crippen LogP contribution in [0.15, 0.2) is 30.3 Å². The zero-order valence-electron chi connectivity index (χ0n) is 10.8. The summed E-state index contributed by atoms with van der Waals surface area (Å²) < 4.78 is 0. The molecule has 1 unspecified atom stereocenters. The van der Waals surface area contributed by atoms with Crippen LogP contribution >= 0.6 is 0 Å².